The van der Waals surface area contributed by atoms with Crippen molar-refractivity contribution in [1.29, 1.82) is 0 Å². The molecule has 0 aliphatic heterocycles. The average molecular weight is 398 g/mol. The maximum atomic E-state index is 13.2. The fourth-order valence-corrected chi connectivity index (χ4v) is 3.70. The van der Waals surface area contributed by atoms with Crippen molar-refractivity contribution in [1.82, 2.24) is 39.7 Å². The maximum Gasteiger partial charge on any atom is 0.297 e. The molecule has 28 heavy (non-hydrogen) atoms. The molecule has 3 heterocycles. The lowest BCUT2D eigenvalue weighted by atomic mass is 10.3. The van der Waals surface area contributed by atoms with E-state index >= 15 is 0 Å². The van der Waals surface area contributed by atoms with Gasteiger partial charge in [0.05, 0.1) is 16.6 Å². The Labute approximate surface area is 164 Å². The molecule has 1 atom stereocenters. The Morgan fingerprint density at radius 1 is 1.18 bits per heavy atom. The minimum Gasteiger partial charge on any atom is -0.338 e. The molecule has 4 rings (SSSR count). The smallest absolute Gasteiger partial charge is 0.297 e. The fourth-order valence-electron chi connectivity index (χ4n) is 2.88. The molecule has 0 bridgehead atoms. The standard InChI is InChI=1S/C17H18N8O2S/c1-10-14(16(26)25(23(10)4)13-8-6-5-7-9-13)24-17(19-21-22-24)28-11(2)15-18-12(3)20-27-15/h5-9,11H,1-4H3. The second-order valence-corrected chi connectivity index (χ2v) is 7.53. The van der Waals surface area contributed by atoms with Gasteiger partial charge in [-0.15, -0.1) is 5.10 Å². The van der Waals surface area contributed by atoms with E-state index in [1.807, 2.05) is 51.2 Å². The maximum absolute atomic E-state index is 13.2. The number of para-hydroxylation sites is 1. The van der Waals surface area contributed by atoms with E-state index in [4.69, 9.17) is 4.52 Å². The summed E-state index contributed by atoms with van der Waals surface area (Å²) >= 11 is 1.34. The normalized spacial score (nSPS) is 12.4. The fraction of sp³-hybridized carbons (Fsp3) is 0.294. The molecule has 0 N–H and O–H groups in total. The van der Waals surface area contributed by atoms with Crippen LogP contribution in [0.15, 0.2) is 44.8 Å². The summed E-state index contributed by atoms with van der Waals surface area (Å²) in [6.07, 6.45) is 0. The second kappa shape index (κ2) is 7.08. The van der Waals surface area contributed by atoms with Gasteiger partial charge in [0.15, 0.2) is 11.5 Å². The van der Waals surface area contributed by atoms with Crippen molar-refractivity contribution in [3.8, 4) is 11.4 Å². The average Bonchev–Trinajstić information content (AvgIpc) is 3.36. The molecule has 4 aromatic rings. The van der Waals surface area contributed by atoms with Crippen LogP contribution in [0.1, 0.15) is 29.6 Å². The molecule has 0 aliphatic rings. The van der Waals surface area contributed by atoms with E-state index in [9.17, 15) is 4.79 Å². The van der Waals surface area contributed by atoms with Crippen LogP contribution in [-0.2, 0) is 7.05 Å². The summed E-state index contributed by atoms with van der Waals surface area (Å²) in [6.45, 7) is 5.53. The van der Waals surface area contributed by atoms with Crippen LogP contribution in [0.5, 0.6) is 0 Å². The van der Waals surface area contributed by atoms with Gasteiger partial charge in [0.2, 0.25) is 11.0 Å². The Balaban J connectivity index is 1.76. The van der Waals surface area contributed by atoms with E-state index < -0.39 is 0 Å². The highest BCUT2D eigenvalue weighted by Crippen LogP contribution is 2.33. The molecule has 0 aliphatic carbocycles. The first-order valence-electron chi connectivity index (χ1n) is 8.57. The number of aryl methyl sites for hydroxylation is 1. The minimum absolute atomic E-state index is 0.175. The summed E-state index contributed by atoms with van der Waals surface area (Å²) in [6, 6.07) is 9.42. The van der Waals surface area contributed by atoms with Crippen LogP contribution in [0.4, 0.5) is 0 Å². The van der Waals surface area contributed by atoms with Crippen molar-refractivity contribution >= 4 is 11.8 Å². The van der Waals surface area contributed by atoms with Crippen molar-refractivity contribution in [2.45, 2.75) is 31.2 Å². The number of hydrogen-bond acceptors (Lipinski definition) is 8. The van der Waals surface area contributed by atoms with E-state index in [1.54, 1.807) is 16.3 Å². The van der Waals surface area contributed by atoms with E-state index in [0.717, 1.165) is 11.4 Å². The number of rotatable bonds is 5. The van der Waals surface area contributed by atoms with Gasteiger partial charge < -0.3 is 4.52 Å². The van der Waals surface area contributed by atoms with Crippen molar-refractivity contribution in [2.24, 2.45) is 7.05 Å². The number of thioether (sulfide) groups is 1. The van der Waals surface area contributed by atoms with E-state index in [-0.39, 0.29) is 10.8 Å². The molecule has 1 aromatic carbocycles. The van der Waals surface area contributed by atoms with Gasteiger partial charge in [-0.1, -0.05) is 35.1 Å². The first-order chi connectivity index (χ1) is 13.5. The molecule has 0 spiro atoms. The molecule has 1 unspecified atom stereocenters. The summed E-state index contributed by atoms with van der Waals surface area (Å²) < 4.78 is 10.1. The summed E-state index contributed by atoms with van der Waals surface area (Å²) in [5.74, 6) is 1.04. The third kappa shape index (κ3) is 3.03. The van der Waals surface area contributed by atoms with Crippen molar-refractivity contribution in [3.63, 3.8) is 0 Å². The Morgan fingerprint density at radius 3 is 2.61 bits per heavy atom. The van der Waals surface area contributed by atoms with Crippen LogP contribution in [0, 0.1) is 13.8 Å². The topological polar surface area (TPSA) is 109 Å². The van der Waals surface area contributed by atoms with Gasteiger partial charge in [-0.3, -0.25) is 9.48 Å². The summed E-state index contributed by atoms with van der Waals surface area (Å²) in [4.78, 5) is 17.4. The van der Waals surface area contributed by atoms with Crippen molar-refractivity contribution in [2.75, 3.05) is 0 Å². The highest BCUT2D eigenvalue weighted by atomic mass is 32.2. The number of tetrazole rings is 1. The summed E-state index contributed by atoms with van der Waals surface area (Å²) in [5, 5.41) is 16.0. The number of nitrogens with zero attached hydrogens (tertiary/aromatic N) is 8. The number of benzene rings is 1. The lowest BCUT2D eigenvalue weighted by Crippen LogP contribution is -2.22. The van der Waals surface area contributed by atoms with Crippen LogP contribution < -0.4 is 5.56 Å². The van der Waals surface area contributed by atoms with Gasteiger partial charge in [0.25, 0.3) is 5.56 Å². The monoisotopic (exact) mass is 398 g/mol. The molecule has 0 fully saturated rings. The highest BCUT2D eigenvalue weighted by molar-refractivity contribution is 7.99. The first-order valence-corrected chi connectivity index (χ1v) is 9.45. The molecule has 11 heteroatoms. The molecule has 10 nitrogen and oxygen atoms in total. The van der Waals surface area contributed by atoms with Gasteiger partial charge >= 0.3 is 0 Å². The predicted octanol–water partition coefficient (Wildman–Crippen LogP) is 2.00. The van der Waals surface area contributed by atoms with Crippen LogP contribution >= 0.6 is 11.8 Å². The van der Waals surface area contributed by atoms with Crippen LogP contribution in [0.3, 0.4) is 0 Å². The largest absolute Gasteiger partial charge is 0.338 e. The van der Waals surface area contributed by atoms with Gasteiger partial charge in [-0.25, -0.2) is 4.68 Å². The molecular weight excluding hydrogens is 380 g/mol. The van der Waals surface area contributed by atoms with Gasteiger partial charge in [-0.05, 0) is 43.3 Å². The Morgan fingerprint density at radius 2 is 1.93 bits per heavy atom. The third-order valence-electron chi connectivity index (χ3n) is 4.35. The summed E-state index contributed by atoms with van der Waals surface area (Å²) in [7, 11) is 1.83. The van der Waals surface area contributed by atoms with E-state index in [0.29, 0.717) is 22.6 Å². The van der Waals surface area contributed by atoms with Gasteiger partial charge in [0.1, 0.15) is 0 Å². The van der Waals surface area contributed by atoms with Gasteiger partial charge in [-0.2, -0.15) is 9.67 Å². The van der Waals surface area contributed by atoms with Crippen molar-refractivity contribution < 1.29 is 4.52 Å². The Bertz CT molecular complexity index is 1170. The van der Waals surface area contributed by atoms with Crippen molar-refractivity contribution in [3.05, 3.63) is 58.1 Å². The number of hydrogen-bond donors (Lipinski definition) is 0. The third-order valence-corrected chi connectivity index (χ3v) is 5.37. The molecule has 0 radical (unpaired) electrons. The molecule has 0 saturated heterocycles. The van der Waals surface area contributed by atoms with E-state index in [1.165, 1.54) is 16.4 Å². The number of aromatic nitrogens is 8. The minimum atomic E-state index is -0.207. The Kier molecular flexibility index (Phi) is 4.59. The quantitative estimate of drug-likeness (QED) is 0.470. The predicted molar refractivity (Wildman–Crippen MR) is 102 cm³/mol. The second-order valence-electron chi connectivity index (χ2n) is 6.22. The molecule has 144 valence electrons. The zero-order chi connectivity index (χ0) is 19.8. The lowest BCUT2D eigenvalue weighted by Gasteiger charge is -2.07. The SMILES string of the molecule is Cc1noc(C(C)Sc2nnnn2-c2c(C)n(C)n(-c3ccccc3)c2=O)n1. The highest BCUT2D eigenvalue weighted by Gasteiger charge is 2.24. The molecule has 0 amide bonds. The van der Waals surface area contributed by atoms with Crippen LogP contribution in [0.25, 0.3) is 11.4 Å². The zero-order valence-electron chi connectivity index (χ0n) is 15.8. The molecular formula is C17H18N8O2S. The van der Waals surface area contributed by atoms with E-state index in [2.05, 4.69) is 25.7 Å². The molecule has 3 aromatic heterocycles. The summed E-state index contributed by atoms with van der Waals surface area (Å²) in [5.41, 5.74) is 1.69. The zero-order valence-corrected chi connectivity index (χ0v) is 16.6. The lowest BCUT2D eigenvalue weighted by molar-refractivity contribution is 0.376. The van der Waals surface area contributed by atoms with Gasteiger partial charge in [0, 0.05) is 7.05 Å². The van der Waals surface area contributed by atoms with Crippen LogP contribution in [-0.4, -0.2) is 39.7 Å². The molecule has 0 saturated carbocycles. The Hall–Kier alpha value is -3.21. The first kappa shape index (κ1) is 18.2. The van der Waals surface area contributed by atoms with Crippen LogP contribution in [0.2, 0.25) is 0 Å².